The minimum Gasteiger partial charge on any atom is -0.452 e. The number of benzene rings is 2. The van der Waals surface area contributed by atoms with Gasteiger partial charge in [-0.05, 0) is 36.4 Å². The molecule has 0 aliphatic rings. The van der Waals surface area contributed by atoms with Crippen molar-refractivity contribution in [2.24, 2.45) is 0 Å². The van der Waals surface area contributed by atoms with Crippen molar-refractivity contribution in [3.63, 3.8) is 0 Å². The first-order valence-electron chi connectivity index (χ1n) is 7.66. The summed E-state index contributed by atoms with van der Waals surface area (Å²) in [5.41, 5.74) is 0.940. The molecule has 0 unspecified atom stereocenters. The van der Waals surface area contributed by atoms with Gasteiger partial charge in [0.25, 0.3) is 5.91 Å². The maximum absolute atomic E-state index is 13.5. The molecule has 0 saturated carbocycles. The van der Waals surface area contributed by atoms with Crippen LogP contribution in [0.5, 0.6) is 0 Å². The molecule has 0 aromatic heterocycles. The Morgan fingerprint density at radius 3 is 2.35 bits per heavy atom. The molecule has 2 aromatic carbocycles. The van der Waals surface area contributed by atoms with Gasteiger partial charge < -0.3 is 15.4 Å². The summed E-state index contributed by atoms with van der Waals surface area (Å²) in [6.45, 7) is -0.309. The van der Waals surface area contributed by atoms with Gasteiger partial charge in [0.05, 0.1) is 19.2 Å². The lowest BCUT2D eigenvalue weighted by atomic mass is 10.2. The number of carbonyl (C=O) groups is 3. The van der Waals surface area contributed by atoms with Crippen LogP contribution in [0.1, 0.15) is 10.4 Å². The zero-order valence-corrected chi connectivity index (χ0v) is 14.3. The Bertz CT molecular complexity index is 808. The Kier molecular flexibility index (Phi) is 6.26. The highest BCUT2D eigenvalue weighted by molar-refractivity contribution is 5.99. The summed E-state index contributed by atoms with van der Waals surface area (Å²) < 4.78 is 18.1. The molecule has 0 fully saturated rings. The van der Waals surface area contributed by atoms with Gasteiger partial charge in [0.1, 0.15) is 5.82 Å². The average molecular weight is 359 g/mol. The fraction of sp³-hybridized carbons (Fsp3) is 0.167. The van der Waals surface area contributed by atoms with Crippen molar-refractivity contribution < 1.29 is 23.5 Å². The molecule has 0 spiro atoms. The molecule has 2 N–H and O–H groups in total. The van der Waals surface area contributed by atoms with E-state index in [1.165, 1.54) is 36.3 Å². The molecule has 0 heterocycles. The van der Waals surface area contributed by atoms with Gasteiger partial charge in [0, 0.05) is 18.4 Å². The first-order valence-corrected chi connectivity index (χ1v) is 7.66. The second-order valence-electron chi connectivity index (χ2n) is 5.29. The van der Waals surface area contributed by atoms with E-state index in [1.807, 2.05) is 0 Å². The van der Waals surface area contributed by atoms with Crippen molar-refractivity contribution in [2.45, 2.75) is 0 Å². The number of amides is 3. The highest BCUT2D eigenvalue weighted by Crippen LogP contribution is 2.17. The molecule has 2 rings (SSSR count). The van der Waals surface area contributed by atoms with Crippen LogP contribution in [0.4, 0.5) is 20.6 Å². The molecular weight excluding hydrogens is 341 g/mol. The lowest BCUT2D eigenvalue weighted by molar-refractivity contribution is -0.115. The zero-order valence-electron chi connectivity index (χ0n) is 14.3. The molecule has 0 aliphatic heterocycles. The molecule has 8 heteroatoms. The van der Waals surface area contributed by atoms with Crippen LogP contribution >= 0.6 is 0 Å². The summed E-state index contributed by atoms with van der Waals surface area (Å²) in [7, 11) is 2.83. The van der Waals surface area contributed by atoms with Crippen LogP contribution in [0.3, 0.4) is 0 Å². The fourth-order valence-electron chi connectivity index (χ4n) is 2.12. The number of hydrogen-bond donors (Lipinski definition) is 2. The van der Waals surface area contributed by atoms with Gasteiger partial charge in [-0.15, -0.1) is 0 Å². The third-order valence-corrected chi connectivity index (χ3v) is 3.51. The summed E-state index contributed by atoms with van der Waals surface area (Å²) in [6, 6.07) is 12.0. The van der Waals surface area contributed by atoms with Crippen LogP contribution in [-0.2, 0) is 9.53 Å². The van der Waals surface area contributed by atoms with Crippen molar-refractivity contribution in [3.8, 4) is 0 Å². The highest BCUT2D eigenvalue weighted by atomic mass is 19.1. The topological polar surface area (TPSA) is 87.7 Å². The Morgan fingerprint density at radius 2 is 1.73 bits per heavy atom. The summed E-state index contributed by atoms with van der Waals surface area (Å²) in [4.78, 5) is 36.5. The molecule has 0 atom stereocenters. The van der Waals surface area contributed by atoms with Crippen molar-refractivity contribution >= 4 is 29.3 Å². The summed E-state index contributed by atoms with van der Waals surface area (Å²) in [5, 5.41) is 4.94. The predicted molar refractivity (Wildman–Crippen MR) is 94.6 cm³/mol. The van der Waals surface area contributed by atoms with E-state index in [2.05, 4.69) is 15.4 Å². The van der Waals surface area contributed by atoms with Crippen LogP contribution in [0, 0.1) is 5.82 Å². The molecule has 7 nitrogen and oxygen atoms in total. The van der Waals surface area contributed by atoms with E-state index in [0.717, 1.165) is 0 Å². The Morgan fingerprint density at radius 1 is 1.08 bits per heavy atom. The van der Waals surface area contributed by atoms with Gasteiger partial charge in [-0.25, -0.2) is 9.18 Å². The van der Waals surface area contributed by atoms with Gasteiger partial charge in [0.2, 0.25) is 5.91 Å². The van der Waals surface area contributed by atoms with Crippen molar-refractivity contribution in [1.29, 1.82) is 0 Å². The van der Waals surface area contributed by atoms with E-state index in [1.54, 1.807) is 31.3 Å². The maximum atomic E-state index is 13.5. The monoisotopic (exact) mass is 359 g/mol. The van der Waals surface area contributed by atoms with E-state index in [4.69, 9.17) is 0 Å². The van der Waals surface area contributed by atoms with Crippen molar-refractivity contribution in [1.82, 2.24) is 5.32 Å². The Labute approximate surface area is 149 Å². The minimum absolute atomic E-state index is 0.129. The van der Waals surface area contributed by atoms with E-state index >= 15 is 0 Å². The highest BCUT2D eigenvalue weighted by Gasteiger charge is 2.13. The first-order chi connectivity index (χ1) is 12.4. The standard InChI is InChI=1S/C18H18FN3O4/c1-22(18(25)26-2)13-9-7-12(8-10-13)21-16(23)11-20-17(24)14-5-3-4-6-15(14)19/h3-10H,11H2,1-2H3,(H,20,24)(H,21,23). The second-order valence-corrected chi connectivity index (χ2v) is 5.29. The molecule has 0 radical (unpaired) electrons. The second kappa shape index (κ2) is 8.61. The number of hydrogen-bond acceptors (Lipinski definition) is 4. The van der Waals surface area contributed by atoms with Gasteiger partial charge in [-0.3, -0.25) is 14.5 Å². The van der Waals surface area contributed by atoms with Gasteiger partial charge in [-0.1, -0.05) is 12.1 Å². The fourth-order valence-corrected chi connectivity index (χ4v) is 2.12. The van der Waals surface area contributed by atoms with Crippen molar-refractivity contribution in [3.05, 3.63) is 59.9 Å². The first kappa shape index (κ1) is 18.9. The largest absolute Gasteiger partial charge is 0.452 e. The number of ether oxygens (including phenoxy) is 1. The summed E-state index contributed by atoms with van der Waals surface area (Å²) >= 11 is 0. The van der Waals surface area contributed by atoms with Crippen LogP contribution in [-0.4, -0.2) is 38.6 Å². The van der Waals surface area contributed by atoms with Crippen LogP contribution in [0.25, 0.3) is 0 Å². The third kappa shape index (κ3) is 4.79. The predicted octanol–water partition coefficient (Wildman–Crippen LogP) is 2.40. The molecule has 26 heavy (non-hydrogen) atoms. The molecule has 0 aliphatic carbocycles. The van der Waals surface area contributed by atoms with E-state index < -0.39 is 23.7 Å². The van der Waals surface area contributed by atoms with Gasteiger partial charge in [-0.2, -0.15) is 0 Å². The lowest BCUT2D eigenvalue weighted by Gasteiger charge is -2.16. The zero-order chi connectivity index (χ0) is 19.1. The number of halogens is 1. The Balaban J connectivity index is 1.89. The van der Waals surface area contributed by atoms with E-state index in [-0.39, 0.29) is 12.1 Å². The van der Waals surface area contributed by atoms with E-state index in [0.29, 0.717) is 11.4 Å². The lowest BCUT2D eigenvalue weighted by Crippen LogP contribution is -2.33. The average Bonchev–Trinajstić information content (AvgIpc) is 2.66. The third-order valence-electron chi connectivity index (χ3n) is 3.51. The number of anilines is 2. The molecular formula is C18H18FN3O4. The Hall–Kier alpha value is -3.42. The molecule has 2 aromatic rings. The maximum Gasteiger partial charge on any atom is 0.413 e. The molecule has 136 valence electrons. The van der Waals surface area contributed by atoms with Crippen molar-refractivity contribution in [2.75, 3.05) is 30.9 Å². The molecule has 0 bridgehead atoms. The smallest absolute Gasteiger partial charge is 0.413 e. The normalized spacial score (nSPS) is 9.96. The molecule has 3 amide bonds. The SMILES string of the molecule is COC(=O)N(C)c1ccc(NC(=O)CNC(=O)c2ccccc2F)cc1. The van der Waals surface area contributed by atoms with Crippen LogP contribution in [0.15, 0.2) is 48.5 Å². The minimum atomic E-state index is -0.673. The number of carbonyl (C=O) groups excluding carboxylic acids is 3. The van der Waals surface area contributed by atoms with Crippen LogP contribution in [0.2, 0.25) is 0 Å². The number of methoxy groups -OCH3 is 1. The number of rotatable bonds is 5. The van der Waals surface area contributed by atoms with Crippen LogP contribution < -0.4 is 15.5 Å². The molecule has 0 saturated heterocycles. The quantitative estimate of drug-likeness (QED) is 0.858. The van der Waals surface area contributed by atoms with Gasteiger partial charge in [0.15, 0.2) is 0 Å². The summed E-state index contributed by atoms with van der Waals surface area (Å²) in [6.07, 6.45) is -0.516. The number of nitrogens with zero attached hydrogens (tertiary/aromatic N) is 1. The van der Waals surface area contributed by atoms with E-state index in [9.17, 15) is 18.8 Å². The number of nitrogens with one attached hydrogen (secondary N) is 2. The summed E-state index contributed by atoms with van der Waals surface area (Å²) in [5.74, 6) is -1.80. The van der Waals surface area contributed by atoms with Gasteiger partial charge >= 0.3 is 6.09 Å².